The lowest BCUT2D eigenvalue weighted by Gasteiger charge is -2.09. The molecule has 112 valence electrons. The summed E-state index contributed by atoms with van der Waals surface area (Å²) in [5.41, 5.74) is 4.14. The zero-order valence-corrected chi connectivity index (χ0v) is 12.8. The lowest BCUT2D eigenvalue weighted by Crippen LogP contribution is -1.95. The van der Waals surface area contributed by atoms with Crippen molar-refractivity contribution in [3.8, 4) is 17.0 Å². The van der Waals surface area contributed by atoms with Gasteiger partial charge in [-0.15, -0.1) is 4.91 Å². The van der Waals surface area contributed by atoms with E-state index in [9.17, 15) is 4.91 Å². The van der Waals surface area contributed by atoms with E-state index < -0.39 is 0 Å². The molecule has 0 unspecified atom stereocenters. The van der Waals surface area contributed by atoms with E-state index in [2.05, 4.69) is 10.2 Å². The van der Waals surface area contributed by atoms with Gasteiger partial charge in [0, 0.05) is 11.8 Å². The second-order valence-electron chi connectivity index (χ2n) is 5.24. The van der Waals surface area contributed by atoms with Crippen molar-refractivity contribution in [1.82, 2.24) is 9.38 Å². The first-order valence-electron chi connectivity index (χ1n) is 7.20. The van der Waals surface area contributed by atoms with Crippen molar-refractivity contribution in [1.29, 1.82) is 0 Å². The molecule has 3 rings (SSSR count). The Morgan fingerprint density at radius 1 is 1.18 bits per heavy atom. The summed E-state index contributed by atoms with van der Waals surface area (Å²) < 4.78 is 7.39. The van der Waals surface area contributed by atoms with Gasteiger partial charge in [0.05, 0.1) is 6.61 Å². The van der Waals surface area contributed by atoms with Crippen molar-refractivity contribution in [2.24, 2.45) is 5.18 Å². The average Bonchev–Trinajstić information content (AvgIpc) is 2.86. The van der Waals surface area contributed by atoms with Gasteiger partial charge in [-0.2, -0.15) is 0 Å². The van der Waals surface area contributed by atoms with Crippen LogP contribution in [-0.2, 0) is 0 Å². The zero-order chi connectivity index (χ0) is 15.7. The van der Waals surface area contributed by atoms with Crippen LogP contribution in [0.5, 0.6) is 5.75 Å². The highest BCUT2D eigenvalue weighted by atomic mass is 16.5. The predicted octanol–water partition coefficient (Wildman–Crippen LogP) is 4.41. The second-order valence-corrected chi connectivity index (χ2v) is 5.24. The van der Waals surface area contributed by atoms with E-state index >= 15 is 0 Å². The highest BCUT2D eigenvalue weighted by Crippen LogP contribution is 2.37. The summed E-state index contributed by atoms with van der Waals surface area (Å²) >= 11 is 0. The predicted molar refractivity (Wildman–Crippen MR) is 86.7 cm³/mol. The van der Waals surface area contributed by atoms with Gasteiger partial charge in [-0.3, -0.25) is 4.40 Å². The van der Waals surface area contributed by atoms with Gasteiger partial charge in [0.15, 0.2) is 0 Å². The van der Waals surface area contributed by atoms with Gasteiger partial charge in [-0.25, -0.2) is 4.98 Å². The number of fused-ring (bicyclic) bond motifs is 1. The van der Waals surface area contributed by atoms with Gasteiger partial charge in [-0.05, 0) is 49.7 Å². The van der Waals surface area contributed by atoms with Crippen molar-refractivity contribution in [3.05, 3.63) is 52.6 Å². The molecule has 0 saturated heterocycles. The third kappa shape index (κ3) is 2.35. The molecule has 2 heterocycles. The number of nitrogens with zero attached hydrogens (tertiary/aromatic N) is 3. The number of hydrogen-bond acceptors (Lipinski definition) is 4. The molecule has 0 saturated carbocycles. The fourth-order valence-corrected chi connectivity index (χ4v) is 2.52. The maximum atomic E-state index is 11.4. The minimum absolute atomic E-state index is 0.297. The molecule has 1 aromatic carbocycles. The maximum Gasteiger partial charge on any atom is 0.209 e. The summed E-state index contributed by atoms with van der Waals surface area (Å²) in [7, 11) is 0. The molecule has 0 aliphatic rings. The second kappa shape index (κ2) is 5.60. The van der Waals surface area contributed by atoms with Crippen molar-refractivity contribution in [3.63, 3.8) is 0 Å². The molecule has 0 aliphatic heterocycles. The van der Waals surface area contributed by atoms with Gasteiger partial charge < -0.3 is 4.74 Å². The van der Waals surface area contributed by atoms with Crippen LogP contribution in [-0.4, -0.2) is 16.0 Å². The number of ether oxygens (including phenoxy) is 1. The highest BCUT2D eigenvalue weighted by molar-refractivity contribution is 5.79. The first kappa shape index (κ1) is 14.3. The molecule has 0 fully saturated rings. The maximum absolute atomic E-state index is 11.4. The standard InChI is InChI=1S/C17H17N3O2/c1-4-22-14-7-5-11(2)9-13(14)16-17(19-21)20-10-12(3)6-8-15(20)18-16/h5-10H,4H2,1-3H3. The number of pyridine rings is 1. The van der Waals surface area contributed by atoms with Crippen LogP contribution < -0.4 is 4.74 Å². The minimum atomic E-state index is 0.297. The molecule has 3 aromatic rings. The summed E-state index contributed by atoms with van der Waals surface area (Å²) in [5, 5.41) is 3.20. The molecule has 2 aromatic heterocycles. The Hall–Kier alpha value is -2.69. The fraction of sp³-hybridized carbons (Fsp3) is 0.235. The first-order valence-corrected chi connectivity index (χ1v) is 7.20. The molecular weight excluding hydrogens is 278 g/mol. The van der Waals surface area contributed by atoms with Crippen molar-refractivity contribution >= 4 is 11.5 Å². The van der Waals surface area contributed by atoms with Crippen molar-refractivity contribution in [2.75, 3.05) is 6.61 Å². The molecule has 0 bridgehead atoms. The van der Waals surface area contributed by atoms with E-state index in [0.29, 0.717) is 29.5 Å². The van der Waals surface area contributed by atoms with Crippen LogP contribution >= 0.6 is 0 Å². The highest BCUT2D eigenvalue weighted by Gasteiger charge is 2.18. The third-order valence-electron chi connectivity index (χ3n) is 3.52. The Morgan fingerprint density at radius 2 is 1.95 bits per heavy atom. The van der Waals surface area contributed by atoms with E-state index in [-0.39, 0.29) is 0 Å². The van der Waals surface area contributed by atoms with E-state index in [4.69, 9.17) is 4.74 Å². The molecule has 5 nitrogen and oxygen atoms in total. The minimum Gasteiger partial charge on any atom is -0.493 e. The summed E-state index contributed by atoms with van der Waals surface area (Å²) in [6, 6.07) is 9.68. The number of aromatic nitrogens is 2. The summed E-state index contributed by atoms with van der Waals surface area (Å²) in [4.78, 5) is 16.0. The topological polar surface area (TPSA) is 56.0 Å². The molecule has 0 spiro atoms. The van der Waals surface area contributed by atoms with E-state index in [0.717, 1.165) is 16.7 Å². The van der Waals surface area contributed by atoms with E-state index in [1.165, 1.54) is 0 Å². The third-order valence-corrected chi connectivity index (χ3v) is 3.52. The van der Waals surface area contributed by atoms with E-state index in [1.54, 1.807) is 4.40 Å². The average molecular weight is 295 g/mol. The summed E-state index contributed by atoms with van der Waals surface area (Å²) in [5.74, 6) is 1.00. The molecule has 22 heavy (non-hydrogen) atoms. The molecule has 5 heteroatoms. The van der Waals surface area contributed by atoms with E-state index in [1.807, 2.05) is 57.3 Å². The summed E-state index contributed by atoms with van der Waals surface area (Å²) in [6.45, 7) is 6.43. The number of benzene rings is 1. The van der Waals surface area contributed by atoms with Gasteiger partial charge in [0.1, 0.15) is 17.1 Å². The molecule has 0 aliphatic carbocycles. The Bertz CT molecular complexity index is 852. The SMILES string of the molecule is CCOc1ccc(C)cc1-c1nc2ccc(C)cn2c1N=O. The van der Waals surface area contributed by atoms with Gasteiger partial charge in [0.25, 0.3) is 0 Å². The van der Waals surface area contributed by atoms with Crippen LogP contribution in [0.4, 0.5) is 5.82 Å². The quantitative estimate of drug-likeness (QED) is 0.670. The Morgan fingerprint density at radius 3 is 2.68 bits per heavy atom. The van der Waals surface area contributed by atoms with Crippen LogP contribution in [0.15, 0.2) is 41.7 Å². The summed E-state index contributed by atoms with van der Waals surface area (Å²) in [6.07, 6.45) is 1.86. The van der Waals surface area contributed by atoms with Crippen molar-refractivity contribution < 1.29 is 4.74 Å². The zero-order valence-electron chi connectivity index (χ0n) is 12.8. The number of aryl methyl sites for hydroxylation is 2. The monoisotopic (exact) mass is 295 g/mol. The molecule has 0 radical (unpaired) electrons. The van der Waals surface area contributed by atoms with Crippen LogP contribution in [0.2, 0.25) is 0 Å². The van der Waals surface area contributed by atoms with Gasteiger partial charge in [-0.1, -0.05) is 17.7 Å². The first-order chi connectivity index (χ1) is 10.6. The Labute approximate surface area is 128 Å². The number of imidazole rings is 1. The van der Waals surface area contributed by atoms with Crippen LogP contribution in [0.25, 0.3) is 16.9 Å². The smallest absolute Gasteiger partial charge is 0.209 e. The molecule has 0 N–H and O–H groups in total. The molecule has 0 atom stereocenters. The largest absolute Gasteiger partial charge is 0.493 e. The molecular formula is C17H17N3O2. The normalized spacial score (nSPS) is 10.9. The number of hydrogen-bond donors (Lipinski definition) is 0. The number of nitroso groups, excluding NO2 is 1. The Balaban J connectivity index is 2.30. The van der Waals surface area contributed by atoms with Crippen molar-refractivity contribution in [2.45, 2.75) is 20.8 Å². The molecule has 0 amide bonds. The Kier molecular flexibility index (Phi) is 3.63. The van der Waals surface area contributed by atoms with Crippen LogP contribution in [0, 0.1) is 18.8 Å². The fourth-order valence-electron chi connectivity index (χ4n) is 2.52. The van der Waals surface area contributed by atoms with Gasteiger partial charge in [0.2, 0.25) is 5.82 Å². The lowest BCUT2D eigenvalue weighted by molar-refractivity contribution is 0.341. The lowest BCUT2D eigenvalue weighted by atomic mass is 10.1. The van der Waals surface area contributed by atoms with Crippen LogP contribution in [0.1, 0.15) is 18.1 Å². The number of rotatable bonds is 4. The van der Waals surface area contributed by atoms with Gasteiger partial charge >= 0.3 is 0 Å². The van der Waals surface area contributed by atoms with Crippen LogP contribution in [0.3, 0.4) is 0 Å².